The molecule has 4 heteroatoms. The summed E-state index contributed by atoms with van der Waals surface area (Å²) in [6.07, 6.45) is 0. The Morgan fingerprint density at radius 2 is 1.90 bits per heavy atom. The maximum absolute atomic E-state index is 13.4. The highest BCUT2D eigenvalue weighted by molar-refractivity contribution is 5.95. The third-order valence-corrected chi connectivity index (χ3v) is 3.51. The average Bonchev–Trinajstić information content (AvgIpc) is 2.47. The lowest BCUT2D eigenvalue weighted by Crippen LogP contribution is -2.48. The van der Waals surface area contributed by atoms with Crippen molar-refractivity contribution in [3.05, 3.63) is 71.0 Å². The molecule has 21 heavy (non-hydrogen) atoms. The number of amides is 1. The van der Waals surface area contributed by atoms with E-state index in [1.807, 2.05) is 37.3 Å². The van der Waals surface area contributed by atoms with Crippen LogP contribution in [-0.4, -0.2) is 12.5 Å². The third-order valence-electron chi connectivity index (χ3n) is 3.51. The number of benzene rings is 2. The summed E-state index contributed by atoms with van der Waals surface area (Å²) in [6.45, 7) is 3.85. The van der Waals surface area contributed by atoms with Gasteiger partial charge in [0.2, 0.25) is 0 Å². The van der Waals surface area contributed by atoms with Crippen LogP contribution in [0, 0.1) is 12.7 Å². The predicted molar refractivity (Wildman–Crippen MR) is 81.5 cm³/mol. The summed E-state index contributed by atoms with van der Waals surface area (Å²) in [5, 5.41) is 2.90. The minimum absolute atomic E-state index is 0.247. The summed E-state index contributed by atoms with van der Waals surface area (Å²) >= 11 is 0. The molecule has 0 heterocycles. The molecule has 2 aromatic rings. The van der Waals surface area contributed by atoms with Crippen molar-refractivity contribution in [2.75, 3.05) is 6.54 Å². The number of nitrogens with one attached hydrogen (secondary N) is 1. The molecule has 0 aliphatic carbocycles. The molecule has 2 rings (SSSR count). The number of rotatable bonds is 4. The lowest BCUT2D eigenvalue weighted by atomic mass is 9.91. The summed E-state index contributed by atoms with van der Waals surface area (Å²) < 4.78 is 13.4. The second-order valence-electron chi connectivity index (χ2n) is 5.37. The molecule has 2 aromatic carbocycles. The van der Waals surface area contributed by atoms with Crippen molar-refractivity contribution in [1.82, 2.24) is 5.32 Å². The number of carbonyl (C=O) groups is 1. The number of carbonyl (C=O) groups excluding carboxylic acids is 1. The van der Waals surface area contributed by atoms with Crippen molar-refractivity contribution >= 4 is 5.91 Å². The zero-order chi connectivity index (χ0) is 15.5. The predicted octanol–water partition coefficient (Wildman–Crippen LogP) is 2.74. The molecule has 110 valence electrons. The highest BCUT2D eigenvalue weighted by atomic mass is 19.1. The van der Waals surface area contributed by atoms with Crippen molar-refractivity contribution in [2.24, 2.45) is 5.73 Å². The van der Waals surface area contributed by atoms with Crippen molar-refractivity contribution in [2.45, 2.75) is 19.4 Å². The first-order valence-corrected chi connectivity index (χ1v) is 6.80. The van der Waals surface area contributed by atoms with Crippen LogP contribution in [0.4, 0.5) is 4.39 Å². The summed E-state index contributed by atoms with van der Waals surface area (Å²) in [5.74, 6) is -0.760. The van der Waals surface area contributed by atoms with Gasteiger partial charge in [-0.15, -0.1) is 0 Å². The van der Waals surface area contributed by atoms with Crippen LogP contribution < -0.4 is 11.1 Å². The Bertz CT molecular complexity index is 622. The average molecular weight is 286 g/mol. The first kappa shape index (κ1) is 15.2. The van der Waals surface area contributed by atoms with Gasteiger partial charge in [0, 0.05) is 12.1 Å². The quantitative estimate of drug-likeness (QED) is 0.908. The molecule has 0 fully saturated rings. The number of halogens is 1. The third kappa shape index (κ3) is 3.47. The van der Waals surface area contributed by atoms with Crippen LogP contribution >= 0.6 is 0 Å². The van der Waals surface area contributed by atoms with Gasteiger partial charge in [-0.05, 0) is 43.2 Å². The van der Waals surface area contributed by atoms with E-state index in [0.29, 0.717) is 11.1 Å². The Hall–Kier alpha value is -2.20. The molecule has 3 nitrogen and oxygen atoms in total. The van der Waals surface area contributed by atoms with Crippen LogP contribution in [0.15, 0.2) is 48.5 Å². The van der Waals surface area contributed by atoms with Crippen LogP contribution in [-0.2, 0) is 5.54 Å². The van der Waals surface area contributed by atoms with E-state index < -0.39 is 11.4 Å². The van der Waals surface area contributed by atoms with E-state index >= 15 is 0 Å². The van der Waals surface area contributed by atoms with Crippen molar-refractivity contribution < 1.29 is 9.18 Å². The van der Waals surface area contributed by atoms with Crippen molar-refractivity contribution in [1.29, 1.82) is 0 Å². The second-order valence-corrected chi connectivity index (χ2v) is 5.37. The standard InChI is InChI=1S/C17H19FN2O/c1-12-8-13(10-15(18)9-12)16(21)20-17(2,11-19)14-6-4-3-5-7-14/h3-10H,11,19H2,1-2H3,(H,20,21). The van der Waals surface area contributed by atoms with E-state index in [1.54, 1.807) is 13.0 Å². The molecule has 0 saturated heterocycles. The first-order chi connectivity index (χ1) is 9.94. The van der Waals surface area contributed by atoms with Crippen molar-refractivity contribution in [3.63, 3.8) is 0 Å². The molecule has 0 bridgehead atoms. The molecule has 0 aliphatic heterocycles. The fraction of sp³-hybridized carbons (Fsp3) is 0.235. The summed E-state index contributed by atoms with van der Waals surface area (Å²) in [6, 6.07) is 13.8. The highest BCUT2D eigenvalue weighted by Crippen LogP contribution is 2.20. The van der Waals surface area contributed by atoms with Gasteiger partial charge in [-0.1, -0.05) is 30.3 Å². The van der Waals surface area contributed by atoms with Crippen LogP contribution in [0.3, 0.4) is 0 Å². The monoisotopic (exact) mass is 286 g/mol. The maximum Gasteiger partial charge on any atom is 0.252 e. The normalized spacial score (nSPS) is 13.5. The van der Waals surface area contributed by atoms with Gasteiger partial charge in [0.1, 0.15) is 5.82 Å². The smallest absolute Gasteiger partial charge is 0.252 e. The molecule has 0 aliphatic rings. The molecular formula is C17H19FN2O. The van der Waals surface area contributed by atoms with Crippen LogP contribution in [0.5, 0.6) is 0 Å². The van der Waals surface area contributed by atoms with E-state index in [0.717, 1.165) is 5.56 Å². The Morgan fingerprint density at radius 3 is 2.48 bits per heavy atom. The molecule has 0 radical (unpaired) electrons. The molecule has 0 aromatic heterocycles. The zero-order valence-electron chi connectivity index (χ0n) is 12.2. The Balaban J connectivity index is 2.28. The number of nitrogens with two attached hydrogens (primary N) is 1. The lowest BCUT2D eigenvalue weighted by Gasteiger charge is -2.30. The largest absolute Gasteiger partial charge is 0.342 e. The minimum Gasteiger partial charge on any atom is -0.342 e. The maximum atomic E-state index is 13.4. The molecule has 3 N–H and O–H groups in total. The first-order valence-electron chi connectivity index (χ1n) is 6.80. The summed E-state index contributed by atoms with van der Waals surface area (Å²) in [7, 11) is 0. The molecule has 1 amide bonds. The Morgan fingerprint density at radius 1 is 1.24 bits per heavy atom. The summed E-state index contributed by atoms with van der Waals surface area (Å²) in [5.41, 5.74) is 7.05. The topological polar surface area (TPSA) is 55.1 Å². The van der Waals surface area contributed by atoms with Crippen LogP contribution in [0.2, 0.25) is 0 Å². The van der Waals surface area contributed by atoms with Gasteiger partial charge in [-0.25, -0.2) is 4.39 Å². The van der Waals surface area contributed by atoms with Gasteiger partial charge < -0.3 is 11.1 Å². The molecular weight excluding hydrogens is 267 g/mol. The zero-order valence-corrected chi connectivity index (χ0v) is 12.2. The molecule has 1 atom stereocenters. The van der Waals surface area contributed by atoms with E-state index in [-0.39, 0.29) is 12.5 Å². The highest BCUT2D eigenvalue weighted by Gasteiger charge is 2.27. The summed E-state index contributed by atoms with van der Waals surface area (Å²) in [4.78, 5) is 12.4. The molecule has 0 spiro atoms. The van der Waals surface area contributed by atoms with Gasteiger partial charge in [0.15, 0.2) is 0 Å². The van der Waals surface area contributed by atoms with Crippen LogP contribution in [0.1, 0.15) is 28.4 Å². The van der Waals surface area contributed by atoms with E-state index in [4.69, 9.17) is 5.73 Å². The van der Waals surface area contributed by atoms with Gasteiger partial charge in [-0.3, -0.25) is 4.79 Å². The van der Waals surface area contributed by atoms with Gasteiger partial charge in [0.05, 0.1) is 5.54 Å². The fourth-order valence-electron chi connectivity index (χ4n) is 2.24. The Kier molecular flexibility index (Phi) is 4.38. The number of hydrogen-bond donors (Lipinski definition) is 2. The lowest BCUT2D eigenvalue weighted by molar-refractivity contribution is 0.0907. The number of aryl methyl sites for hydroxylation is 1. The van der Waals surface area contributed by atoms with Crippen molar-refractivity contribution in [3.8, 4) is 0 Å². The SMILES string of the molecule is Cc1cc(F)cc(C(=O)NC(C)(CN)c2ccccc2)c1. The minimum atomic E-state index is -0.696. The van der Waals surface area contributed by atoms with E-state index in [2.05, 4.69) is 5.32 Å². The van der Waals surface area contributed by atoms with Crippen LogP contribution in [0.25, 0.3) is 0 Å². The molecule has 1 unspecified atom stereocenters. The van der Waals surface area contributed by atoms with Gasteiger partial charge in [-0.2, -0.15) is 0 Å². The van der Waals surface area contributed by atoms with E-state index in [9.17, 15) is 9.18 Å². The van der Waals surface area contributed by atoms with Gasteiger partial charge in [0.25, 0.3) is 5.91 Å². The van der Waals surface area contributed by atoms with E-state index in [1.165, 1.54) is 12.1 Å². The molecule has 0 saturated carbocycles. The Labute approximate surface area is 124 Å². The number of hydrogen-bond acceptors (Lipinski definition) is 2. The van der Waals surface area contributed by atoms with Gasteiger partial charge >= 0.3 is 0 Å². The second kappa shape index (κ2) is 6.06. The fourth-order valence-corrected chi connectivity index (χ4v) is 2.24.